The second-order valence-electron chi connectivity index (χ2n) is 5.09. The third kappa shape index (κ3) is 3.68. The maximum absolute atomic E-state index is 12.4. The van der Waals surface area contributed by atoms with Gasteiger partial charge in [0.25, 0.3) is 5.91 Å². The molecule has 0 radical (unpaired) electrons. The summed E-state index contributed by atoms with van der Waals surface area (Å²) in [4.78, 5) is 18.3. The monoisotopic (exact) mass is 275 g/mol. The van der Waals surface area contributed by atoms with Gasteiger partial charge in [0, 0.05) is 24.3 Å². The van der Waals surface area contributed by atoms with Crippen LogP contribution in [0.5, 0.6) is 0 Å². The zero-order valence-electron chi connectivity index (χ0n) is 12.3. The summed E-state index contributed by atoms with van der Waals surface area (Å²) in [6.45, 7) is 5.84. The summed E-state index contributed by atoms with van der Waals surface area (Å²) in [5, 5.41) is 8.71. The van der Waals surface area contributed by atoms with E-state index in [1.807, 2.05) is 20.8 Å². The summed E-state index contributed by atoms with van der Waals surface area (Å²) >= 11 is 0. The van der Waals surface area contributed by atoms with Gasteiger partial charge in [0.1, 0.15) is 5.82 Å². The second kappa shape index (κ2) is 6.87. The predicted molar refractivity (Wildman–Crippen MR) is 77.9 cm³/mol. The van der Waals surface area contributed by atoms with Crippen molar-refractivity contribution < 1.29 is 4.79 Å². The summed E-state index contributed by atoms with van der Waals surface area (Å²) in [5.41, 5.74) is 3.79. The van der Waals surface area contributed by atoms with Gasteiger partial charge in [-0.25, -0.2) is 10.8 Å². The van der Waals surface area contributed by atoms with Crippen LogP contribution < -0.4 is 11.3 Å². The van der Waals surface area contributed by atoms with Crippen LogP contribution in [0.15, 0.2) is 12.1 Å². The van der Waals surface area contributed by atoms with Crippen LogP contribution in [0.2, 0.25) is 0 Å². The molecule has 0 aromatic carbocycles. The number of nitrogens with one attached hydrogen (secondary N) is 1. The molecule has 6 heteroatoms. The number of hydrogen-bond donors (Lipinski definition) is 2. The van der Waals surface area contributed by atoms with Crippen molar-refractivity contribution in [2.24, 2.45) is 5.84 Å². The number of aromatic nitrogens is 1. The number of nitrogens with zero attached hydrogens (tertiary/aromatic N) is 3. The Balaban J connectivity index is 3.09. The number of hydrogen-bond acceptors (Lipinski definition) is 5. The number of pyridine rings is 1. The van der Waals surface area contributed by atoms with E-state index in [4.69, 9.17) is 11.1 Å². The van der Waals surface area contributed by atoms with Gasteiger partial charge in [-0.2, -0.15) is 5.26 Å². The van der Waals surface area contributed by atoms with E-state index in [0.29, 0.717) is 17.8 Å². The fourth-order valence-electron chi connectivity index (χ4n) is 1.72. The van der Waals surface area contributed by atoms with Gasteiger partial charge < -0.3 is 10.3 Å². The van der Waals surface area contributed by atoms with Gasteiger partial charge in [-0.05, 0) is 25.0 Å². The Morgan fingerprint density at radius 2 is 2.15 bits per heavy atom. The SMILES string of the molecule is CC(C)c1cc(C(=O)N(C)C(C)CC#N)cc(NN)n1. The Labute approximate surface area is 119 Å². The van der Waals surface area contributed by atoms with E-state index in [1.54, 1.807) is 24.1 Å². The predicted octanol–water partition coefficient (Wildman–Crippen LogP) is 1.86. The molecule has 1 aromatic rings. The Hall–Kier alpha value is -2.13. The zero-order chi connectivity index (χ0) is 15.3. The van der Waals surface area contributed by atoms with Gasteiger partial charge in [-0.1, -0.05) is 13.8 Å². The summed E-state index contributed by atoms with van der Waals surface area (Å²) < 4.78 is 0. The highest BCUT2D eigenvalue weighted by atomic mass is 16.2. The topological polar surface area (TPSA) is 95.0 Å². The molecule has 0 saturated heterocycles. The number of amides is 1. The van der Waals surface area contributed by atoms with E-state index in [-0.39, 0.29) is 17.9 Å². The van der Waals surface area contributed by atoms with E-state index in [0.717, 1.165) is 5.69 Å². The van der Waals surface area contributed by atoms with Crippen molar-refractivity contribution in [1.29, 1.82) is 5.26 Å². The molecule has 0 saturated carbocycles. The molecule has 0 spiro atoms. The molecule has 1 unspecified atom stereocenters. The van der Waals surface area contributed by atoms with Gasteiger partial charge in [-0.3, -0.25) is 4.79 Å². The van der Waals surface area contributed by atoms with E-state index in [9.17, 15) is 4.79 Å². The van der Waals surface area contributed by atoms with Crippen LogP contribution in [0.4, 0.5) is 5.82 Å². The molecule has 1 rings (SSSR count). The van der Waals surface area contributed by atoms with Crippen molar-refractivity contribution in [3.63, 3.8) is 0 Å². The van der Waals surface area contributed by atoms with Crippen molar-refractivity contribution in [2.75, 3.05) is 12.5 Å². The number of nitrogens with two attached hydrogens (primary N) is 1. The summed E-state index contributed by atoms with van der Waals surface area (Å²) in [7, 11) is 1.69. The third-order valence-corrected chi connectivity index (χ3v) is 3.20. The number of hydrazine groups is 1. The number of nitrogen functional groups attached to an aromatic ring is 1. The molecule has 20 heavy (non-hydrogen) atoms. The molecule has 1 atom stereocenters. The minimum atomic E-state index is -0.145. The van der Waals surface area contributed by atoms with Crippen molar-refractivity contribution in [2.45, 2.75) is 39.2 Å². The molecule has 0 aliphatic carbocycles. The van der Waals surface area contributed by atoms with Crippen LogP contribution in [0.3, 0.4) is 0 Å². The lowest BCUT2D eigenvalue weighted by molar-refractivity contribution is 0.0746. The largest absolute Gasteiger partial charge is 0.338 e. The fourth-order valence-corrected chi connectivity index (χ4v) is 1.72. The Bertz CT molecular complexity index is 521. The average molecular weight is 275 g/mol. The summed E-state index contributed by atoms with van der Waals surface area (Å²) in [6.07, 6.45) is 0.298. The molecule has 0 aliphatic rings. The normalized spacial score (nSPS) is 11.8. The lowest BCUT2D eigenvalue weighted by Gasteiger charge is -2.23. The minimum absolute atomic E-state index is 0.141. The van der Waals surface area contributed by atoms with Crippen molar-refractivity contribution in [3.8, 4) is 6.07 Å². The molecule has 0 aliphatic heterocycles. The first-order valence-electron chi connectivity index (χ1n) is 6.53. The average Bonchev–Trinajstić information content (AvgIpc) is 2.45. The Kier molecular flexibility index (Phi) is 5.47. The zero-order valence-corrected chi connectivity index (χ0v) is 12.3. The quantitative estimate of drug-likeness (QED) is 0.631. The lowest BCUT2D eigenvalue weighted by Crippen LogP contribution is -2.35. The van der Waals surface area contributed by atoms with Crippen LogP contribution in [0, 0.1) is 11.3 Å². The van der Waals surface area contributed by atoms with Crippen LogP contribution in [0.1, 0.15) is 49.2 Å². The van der Waals surface area contributed by atoms with E-state index < -0.39 is 0 Å². The van der Waals surface area contributed by atoms with E-state index >= 15 is 0 Å². The van der Waals surface area contributed by atoms with E-state index in [2.05, 4.69) is 16.5 Å². The lowest BCUT2D eigenvalue weighted by atomic mass is 10.1. The molecule has 6 nitrogen and oxygen atoms in total. The molecule has 108 valence electrons. The molecule has 0 fully saturated rings. The molecular weight excluding hydrogens is 254 g/mol. The minimum Gasteiger partial charge on any atom is -0.338 e. The van der Waals surface area contributed by atoms with Crippen LogP contribution in [-0.4, -0.2) is 28.9 Å². The number of nitriles is 1. The smallest absolute Gasteiger partial charge is 0.254 e. The van der Waals surface area contributed by atoms with Gasteiger partial charge >= 0.3 is 0 Å². The summed E-state index contributed by atoms with van der Waals surface area (Å²) in [6, 6.07) is 5.31. The molecule has 1 aromatic heterocycles. The number of carbonyl (C=O) groups is 1. The molecule has 1 heterocycles. The third-order valence-electron chi connectivity index (χ3n) is 3.20. The van der Waals surface area contributed by atoms with Gasteiger partial charge in [0.2, 0.25) is 0 Å². The van der Waals surface area contributed by atoms with Gasteiger partial charge in [0.05, 0.1) is 12.5 Å². The van der Waals surface area contributed by atoms with Crippen molar-refractivity contribution in [1.82, 2.24) is 9.88 Å². The molecule has 3 N–H and O–H groups in total. The highest BCUT2D eigenvalue weighted by molar-refractivity contribution is 5.95. The van der Waals surface area contributed by atoms with Crippen LogP contribution in [-0.2, 0) is 0 Å². The van der Waals surface area contributed by atoms with Gasteiger partial charge in [0.15, 0.2) is 0 Å². The first-order valence-corrected chi connectivity index (χ1v) is 6.53. The van der Waals surface area contributed by atoms with Crippen LogP contribution >= 0.6 is 0 Å². The highest BCUT2D eigenvalue weighted by Crippen LogP contribution is 2.19. The Morgan fingerprint density at radius 3 is 2.65 bits per heavy atom. The highest BCUT2D eigenvalue weighted by Gasteiger charge is 2.19. The van der Waals surface area contributed by atoms with Crippen molar-refractivity contribution >= 4 is 11.7 Å². The standard InChI is InChI=1S/C14H21N5O/c1-9(2)12-7-11(8-13(17-12)18-16)14(20)19(4)10(3)5-6-15/h7-10H,5,16H2,1-4H3,(H,17,18). The van der Waals surface area contributed by atoms with Gasteiger partial charge in [-0.15, -0.1) is 0 Å². The number of anilines is 1. The van der Waals surface area contributed by atoms with Crippen LogP contribution in [0.25, 0.3) is 0 Å². The maximum Gasteiger partial charge on any atom is 0.254 e. The van der Waals surface area contributed by atoms with Crippen molar-refractivity contribution in [3.05, 3.63) is 23.4 Å². The number of rotatable bonds is 5. The molecule has 1 amide bonds. The maximum atomic E-state index is 12.4. The summed E-state index contributed by atoms with van der Waals surface area (Å²) in [5.74, 6) is 5.90. The second-order valence-corrected chi connectivity index (χ2v) is 5.09. The number of carbonyl (C=O) groups excluding carboxylic acids is 1. The first-order chi connectivity index (χ1) is 9.40. The first kappa shape index (κ1) is 15.9. The molecule has 0 bridgehead atoms. The van der Waals surface area contributed by atoms with E-state index in [1.165, 1.54) is 0 Å². The molecular formula is C14H21N5O. The Morgan fingerprint density at radius 1 is 1.50 bits per heavy atom. The fraction of sp³-hybridized carbons (Fsp3) is 0.500.